The summed E-state index contributed by atoms with van der Waals surface area (Å²) < 4.78 is 5.25. The molecule has 0 saturated heterocycles. The number of aromatic hydroxyl groups is 2. The molecule has 4 rings (SSSR count). The highest BCUT2D eigenvalue weighted by atomic mass is 16.5. The standard InChI is InChI=1S/C15H12N6O2.C6H6O/c1-23-12-4-2-3-11(22)14(12)9-7-13(21-20-9)19-15-10(8-16)17-5-6-18-15;7-6-4-2-1-3-5-6/h2-7,22H,1H3,(H2,18,19,20,21);1-5,7H. The van der Waals surface area contributed by atoms with E-state index >= 15 is 0 Å². The first-order valence-corrected chi connectivity index (χ1v) is 8.76. The minimum absolute atomic E-state index is 0.0665. The molecular weight excluding hydrogens is 384 g/mol. The van der Waals surface area contributed by atoms with Crippen LogP contribution in [0.1, 0.15) is 5.69 Å². The van der Waals surface area contributed by atoms with Crippen LogP contribution in [0.3, 0.4) is 0 Å². The van der Waals surface area contributed by atoms with Crippen LogP contribution in [0.5, 0.6) is 17.2 Å². The third-order valence-corrected chi connectivity index (χ3v) is 3.88. The number of ether oxygens (including phenoxy) is 1. The fourth-order valence-corrected chi connectivity index (χ4v) is 2.53. The summed E-state index contributed by atoms with van der Waals surface area (Å²) in [7, 11) is 1.52. The first-order chi connectivity index (χ1) is 14.6. The number of aromatic nitrogens is 4. The molecule has 0 radical (unpaired) electrons. The molecule has 0 amide bonds. The van der Waals surface area contributed by atoms with E-state index in [1.165, 1.54) is 19.5 Å². The van der Waals surface area contributed by atoms with Crippen LogP contribution >= 0.6 is 0 Å². The Labute approximate surface area is 172 Å². The minimum Gasteiger partial charge on any atom is -0.508 e. The Kier molecular flexibility index (Phi) is 6.43. The molecule has 9 heteroatoms. The van der Waals surface area contributed by atoms with Crippen LogP contribution in [0.4, 0.5) is 11.6 Å². The Balaban J connectivity index is 0.000000310. The van der Waals surface area contributed by atoms with Crippen molar-refractivity contribution in [2.45, 2.75) is 0 Å². The third kappa shape index (κ3) is 4.82. The average molecular weight is 402 g/mol. The van der Waals surface area contributed by atoms with Gasteiger partial charge in [-0.05, 0) is 24.3 Å². The van der Waals surface area contributed by atoms with Gasteiger partial charge in [0.1, 0.15) is 23.3 Å². The van der Waals surface area contributed by atoms with Gasteiger partial charge in [-0.2, -0.15) is 10.4 Å². The summed E-state index contributed by atoms with van der Waals surface area (Å²) >= 11 is 0. The molecule has 0 atom stereocenters. The summed E-state index contributed by atoms with van der Waals surface area (Å²) in [6.45, 7) is 0. The van der Waals surface area contributed by atoms with Crippen LogP contribution in [-0.2, 0) is 0 Å². The summed E-state index contributed by atoms with van der Waals surface area (Å²) in [6.07, 6.45) is 2.91. The second-order valence-corrected chi connectivity index (χ2v) is 5.85. The molecule has 0 saturated carbocycles. The first kappa shape index (κ1) is 20.2. The highest BCUT2D eigenvalue weighted by Crippen LogP contribution is 2.37. The number of phenols is 2. The van der Waals surface area contributed by atoms with Crippen LogP contribution < -0.4 is 10.1 Å². The van der Waals surface area contributed by atoms with Crippen LogP contribution in [0.25, 0.3) is 11.3 Å². The molecule has 0 unspecified atom stereocenters. The van der Waals surface area contributed by atoms with Gasteiger partial charge in [-0.3, -0.25) is 5.10 Å². The van der Waals surface area contributed by atoms with Gasteiger partial charge in [0, 0.05) is 18.5 Å². The summed E-state index contributed by atoms with van der Waals surface area (Å²) in [5, 5.41) is 37.5. The van der Waals surface area contributed by atoms with E-state index in [-0.39, 0.29) is 11.4 Å². The Morgan fingerprint density at radius 2 is 1.80 bits per heavy atom. The number of rotatable bonds is 4. The number of aromatic amines is 1. The zero-order chi connectivity index (χ0) is 21.3. The van der Waals surface area contributed by atoms with E-state index in [0.29, 0.717) is 34.4 Å². The van der Waals surface area contributed by atoms with Gasteiger partial charge < -0.3 is 20.3 Å². The highest BCUT2D eigenvalue weighted by molar-refractivity contribution is 5.76. The van der Waals surface area contributed by atoms with Crippen LogP contribution in [-0.4, -0.2) is 37.5 Å². The molecule has 0 spiro atoms. The van der Waals surface area contributed by atoms with Gasteiger partial charge in [0.05, 0.1) is 18.4 Å². The quantitative estimate of drug-likeness (QED) is 0.406. The predicted molar refractivity (Wildman–Crippen MR) is 110 cm³/mol. The molecule has 4 aromatic rings. The first-order valence-electron chi connectivity index (χ1n) is 8.76. The molecule has 2 aromatic carbocycles. The van der Waals surface area contributed by atoms with Gasteiger partial charge >= 0.3 is 0 Å². The Morgan fingerprint density at radius 3 is 2.47 bits per heavy atom. The van der Waals surface area contributed by atoms with E-state index in [9.17, 15) is 5.11 Å². The van der Waals surface area contributed by atoms with Gasteiger partial charge in [0.2, 0.25) is 0 Å². The van der Waals surface area contributed by atoms with Crippen molar-refractivity contribution < 1.29 is 14.9 Å². The molecule has 0 aliphatic carbocycles. The molecule has 2 heterocycles. The summed E-state index contributed by atoms with van der Waals surface area (Å²) in [5.74, 6) is 1.64. The summed E-state index contributed by atoms with van der Waals surface area (Å²) in [6, 6.07) is 17.3. The van der Waals surface area contributed by atoms with E-state index in [1.807, 2.05) is 12.1 Å². The molecule has 0 aliphatic heterocycles. The van der Waals surface area contributed by atoms with Gasteiger partial charge in [0.25, 0.3) is 0 Å². The molecule has 2 aromatic heterocycles. The zero-order valence-electron chi connectivity index (χ0n) is 15.9. The molecule has 30 heavy (non-hydrogen) atoms. The highest BCUT2D eigenvalue weighted by Gasteiger charge is 2.14. The second-order valence-electron chi connectivity index (χ2n) is 5.85. The van der Waals surface area contributed by atoms with Crippen LogP contribution in [0, 0.1) is 11.3 Å². The number of para-hydroxylation sites is 1. The summed E-state index contributed by atoms with van der Waals surface area (Å²) in [4.78, 5) is 7.97. The fourth-order valence-electron chi connectivity index (χ4n) is 2.53. The Hall–Kier alpha value is -4.58. The van der Waals surface area contributed by atoms with Crippen molar-refractivity contribution in [2.75, 3.05) is 12.4 Å². The number of nitrogens with zero attached hydrogens (tertiary/aromatic N) is 4. The van der Waals surface area contributed by atoms with Crippen molar-refractivity contribution in [1.82, 2.24) is 20.2 Å². The largest absolute Gasteiger partial charge is 0.508 e. The fraction of sp³-hybridized carbons (Fsp3) is 0.0476. The lowest BCUT2D eigenvalue weighted by Crippen LogP contribution is -1.98. The van der Waals surface area contributed by atoms with Crippen molar-refractivity contribution in [2.24, 2.45) is 0 Å². The number of anilines is 2. The molecule has 0 aliphatic rings. The molecule has 9 nitrogen and oxygen atoms in total. The normalized spacial score (nSPS) is 9.73. The molecule has 0 fully saturated rings. The maximum Gasteiger partial charge on any atom is 0.183 e. The topological polar surface area (TPSA) is 140 Å². The van der Waals surface area contributed by atoms with Gasteiger partial charge in [-0.15, -0.1) is 0 Å². The number of nitrogens with one attached hydrogen (secondary N) is 2. The van der Waals surface area contributed by atoms with Gasteiger partial charge in [-0.25, -0.2) is 9.97 Å². The lowest BCUT2D eigenvalue weighted by molar-refractivity contribution is 0.410. The van der Waals surface area contributed by atoms with Crippen molar-refractivity contribution in [3.63, 3.8) is 0 Å². The molecular formula is C21H18N6O3. The Bertz CT molecular complexity index is 1150. The van der Waals surface area contributed by atoms with E-state index in [2.05, 4.69) is 25.5 Å². The maximum absolute atomic E-state index is 10.0. The molecule has 150 valence electrons. The minimum atomic E-state index is 0.0665. The number of benzene rings is 2. The van der Waals surface area contributed by atoms with Gasteiger partial charge in [0.15, 0.2) is 17.3 Å². The van der Waals surface area contributed by atoms with Crippen LogP contribution in [0.15, 0.2) is 67.0 Å². The number of methoxy groups -OCH3 is 1. The molecule has 4 N–H and O–H groups in total. The van der Waals surface area contributed by atoms with E-state index in [0.717, 1.165) is 0 Å². The lowest BCUT2D eigenvalue weighted by Gasteiger charge is -2.07. The van der Waals surface area contributed by atoms with Crippen LogP contribution in [0.2, 0.25) is 0 Å². The SMILES string of the molecule is COc1cccc(O)c1-c1cc(Nc2nccnc2C#N)n[nH]1.Oc1ccccc1. The predicted octanol–water partition coefficient (Wildman–Crippen LogP) is 3.59. The summed E-state index contributed by atoms with van der Waals surface area (Å²) in [5.41, 5.74) is 1.22. The van der Waals surface area contributed by atoms with Crippen molar-refractivity contribution in [1.29, 1.82) is 5.26 Å². The second kappa shape index (κ2) is 9.57. The lowest BCUT2D eigenvalue weighted by atomic mass is 10.1. The van der Waals surface area contributed by atoms with Crippen molar-refractivity contribution in [3.05, 3.63) is 72.7 Å². The van der Waals surface area contributed by atoms with E-state index < -0.39 is 0 Å². The smallest absolute Gasteiger partial charge is 0.183 e. The number of hydrogen-bond acceptors (Lipinski definition) is 8. The number of H-pyrrole nitrogens is 1. The average Bonchev–Trinajstić information content (AvgIpc) is 3.23. The Morgan fingerprint density at radius 1 is 1.03 bits per heavy atom. The van der Waals surface area contributed by atoms with Crippen molar-refractivity contribution in [3.8, 4) is 34.6 Å². The monoisotopic (exact) mass is 402 g/mol. The van der Waals surface area contributed by atoms with Gasteiger partial charge in [-0.1, -0.05) is 24.3 Å². The number of hydrogen-bond donors (Lipinski definition) is 4. The zero-order valence-corrected chi connectivity index (χ0v) is 15.9. The number of phenolic OH excluding ortho intramolecular Hbond substituents is 2. The molecule has 0 bridgehead atoms. The maximum atomic E-state index is 10.0. The van der Waals surface area contributed by atoms with E-state index in [4.69, 9.17) is 15.1 Å². The third-order valence-electron chi connectivity index (χ3n) is 3.88. The van der Waals surface area contributed by atoms with E-state index in [1.54, 1.807) is 48.5 Å². The van der Waals surface area contributed by atoms with Crippen molar-refractivity contribution >= 4 is 11.6 Å². The number of nitriles is 1.